The van der Waals surface area contributed by atoms with Gasteiger partial charge in [0, 0.05) is 11.8 Å². The van der Waals surface area contributed by atoms with Gasteiger partial charge >= 0.3 is 5.97 Å². The van der Waals surface area contributed by atoms with E-state index in [1.165, 1.54) is 0 Å². The molecular weight excluding hydrogens is 246 g/mol. The highest BCUT2D eigenvalue weighted by atomic mass is 32.2. The summed E-state index contributed by atoms with van der Waals surface area (Å²) in [6, 6.07) is 2.91. The van der Waals surface area contributed by atoms with E-state index in [0.29, 0.717) is 5.03 Å². The summed E-state index contributed by atoms with van der Waals surface area (Å²) in [5.41, 5.74) is -0.182. The molecule has 0 amide bonds. The second kappa shape index (κ2) is 5.81. The zero-order chi connectivity index (χ0) is 12.8. The molecule has 1 N–H and O–H groups in total. The Morgan fingerprint density at radius 3 is 2.94 bits per heavy atom. The van der Waals surface area contributed by atoms with Gasteiger partial charge in [0.15, 0.2) is 0 Å². The van der Waals surface area contributed by atoms with Gasteiger partial charge in [-0.3, -0.25) is 14.9 Å². The van der Waals surface area contributed by atoms with Crippen LogP contribution < -0.4 is 0 Å². The van der Waals surface area contributed by atoms with Crippen LogP contribution in [0.4, 0.5) is 5.69 Å². The zero-order valence-corrected chi connectivity index (χ0v) is 9.31. The van der Waals surface area contributed by atoms with Gasteiger partial charge in [-0.2, -0.15) is 5.26 Å². The fourth-order valence-corrected chi connectivity index (χ4v) is 1.83. The summed E-state index contributed by atoms with van der Waals surface area (Å²) in [7, 11) is 0. The van der Waals surface area contributed by atoms with Crippen molar-refractivity contribution in [3.8, 4) is 6.07 Å². The molecule has 0 aliphatic rings. The molecule has 17 heavy (non-hydrogen) atoms. The summed E-state index contributed by atoms with van der Waals surface area (Å²) in [5.74, 6) is -0.688. The number of hydrogen-bond donors (Lipinski definition) is 1. The number of carboxylic acid groups (broad SMARTS) is 1. The number of nitriles is 1. The molecule has 88 valence electrons. The van der Waals surface area contributed by atoms with Crippen molar-refractivity contribution in [1.29, 1.82) is 5.26 Å². The molecule has 0 bridgehead atoms. The molecule has 7 nitrogen and oxygen atoms in total. The average Bonchev–Trinajstić information content (AvgIpc) is 2.28. The topological polar surface area (TPSA) is 117 Å². The highest BCUT2D eigenvalue weighted by molar-refractivity contribution is 7.99. The van der Waals surface area contributed by atoms with E-state index >= 15 is 0 Å². The minimum absolute atomic E-state index is 0.0613. The number of aromatic nitrogens is 1. The van der Waals surface area contributed by atoms with Crippen LogP contribution in [0.1, 0.15) is 12.0 Å². The SMILES string of the molecule is N#Cc1cc([N+](=O)[O-])cnc1SCCC(=O)O. The number of nitrogens with zero attached hydrogens (tertiary/aromatic N) is 3. The second-order valence-corrected chi connectivity index (χ2v) is 3.99. The molecule has 8 heteroatoms. The molecule has 0 atom stereocenters. The van der Waals surface area contributed by atoms with Crippen molar-refractivity contribution >= 4 is 23.4 Å². The Morgan fingerprint density at radius 1 is 1.71 bits per heavy atom. The Morgan fingerprint density at radius 2 is 2.41 bits per heavy atom. The third-order valence-corrected chi connectivity index (χ3v) is 2.73. The van der Waals surface area contributed by atoms with Crippen LogP contribution in [0, 0.1) is 21.4 Å². The molecule has 0 aliphatic carbocycles. The lowest BCUT2D eigenvalue weighted by Gasteiger charge is -2.00. The Bertz CT molecular complexity index is 498. The van der Waals surface area contributed by atoms with Crippen LogP contribution in [0.15, 0.2) is 17.3 Å². The number of rotatable bonds is 5. The number of carboxylic acids is 1. The monoisotopic (exact) mass is 253 g/mol. The summed E-state index contributed by atoms with van der Waals surface area (Å²) in [6.45, 7) is 0. The van der Waals surface area contributed by atoms with E-state index in [9.17, 15) is 14.9 Å². The largest absolute Gasteiger partial charge is 0.481 e. The summed E-state index contributed by atoms with van der Waals surface area (Å²) in [5, 5.41) is 28.0. The van der Waals surface area contributed by atoms with Crippen molar-refractivity contribution in [1.82, 2.24) is 4.98 Å². The molecule has 1 aromatic rings. The van der Waals surface area contributed by atoms with E-state index in [1.807, 2.05) is 0 Å². The van der Waals surface area contributed by atoms with Gasteiger partial charge in [0.25, 0.3) is 5.69 Å². The molecule has 1 rings (SSSR count). The van der Waals surface area contributed by atoms with Crippen molar-refractivity contribution in [3.63, 3.8) is 0 Å². The zero-order valence-electron chi connectivity index (χ0n) is 8.49. The van der Waals surface area contributed by atoms with E-state index in [-0.39, 0.29) is 23.4 Å². The molecule has 1 heterocycles. The molecule has 0 saturated heterocycles. The molecule has 0 aliphatic heterocycles. The Labute approximate surface area is 100 Å². The van der Waals surface area contributed by atoms with Gasteiger partial charge in [0.05, 0.1) is 16.9 Å². The Kier molecular flexibility index (Phi) is 4.42. The minimum atomic E-state index is -0.946. The lowest BCUT2D eigenvalue weighted by Crippen LogP contribution is -1.98. The molecule has 0 aromatic carbocycles. The first-order chi connectivity index (χ1) is 8.04. The van der Waals surface area contributed by atoms with Gasteiger partial charge in [0.2, 0.25) is 0 Å². The molecule has 0 spiro atoms. The van der Waals surface area contributed by atoms with Gasteiger partial charge in [-0.05, 0) is 0 Å². The summed E-state index contributed by atoms with van der Waals surface area (Å²) in [6.07, 6.45) is 0.984. The van der Waals surface area contributed by atoms with Gasteiger partial charge in [0.1, 0.15) is 17.3 Å². The van der Waals surface area contributed by atoms with E-state index in [2.05, 4.69) is 4.98 Å². The van der Waals surface area contributed by atoms with E-state index in [1.54, 1.807) is 6.07 Å². The van der Waals surface area contributed by atoms with Crippen LogP contribution in [-0.2, 0) is 4.79 Å². The van der Waals surface area contributed by atoms with Crippen molar-refractivity contribution in [2.75, 3.05) is 5.75 Å². The van der Waals surface area contributed by atoms with Crippen molar-refractivity contribution in [2.45, 2.75) is 11.4 Å². The molecule has 0 saturated carbocycles. The predicted octanol–water partition coefficient (Wildman–Crippen LogP) is 1.43. The maximum Gasteiger partial charge on any atom is 0.304 e. The smallest absolute Gasteiger partial charge is 0.304 e. The van der Waals surface area contributed by atoms with Crippen molar-refractivity contribution in [2.24, 2.45) is 0 Å². The predicted molar refractivity (Wildman–Crippen MR) is 58.6 cm³/mol. The van der Waals surface area contributed by atoms with Gasteiger partial charge in [-0.25, -0.2) is 4.98 Å². The lowest BCUT2D eigenvalue weighted by atomic mass is 10.3. The van der Waals surface area contributed by atoms with Gasteiger partial charge in [-0.1, -0.05) is 0 Å². The molecule has 0 radical (unpaired) electrons. The standard InChI is InChI=1S/C9H7N3O4S/c10-4-6-3-7(12(15)16)5-11-9(6)17-2-1-8(13)14/h3,5H,1-2H2,(H,13,14). The fraction of sp³-hybridized carbons (Fsp3) is 0.222. The van der Waals surface area contributed by atoms with E-state index in [4.69, 9.17) is 10.4 Å². The van der Waals surface area contributed by atoms with Crippen molar-refractivity contribution in [3.05, 3.63) is 27.9 Å². The van der Waals surface area contributed by atoms with E-state index < -0.39 is 10.9 Å². The maximum absolute atomic E-state index is 10.5. The van der Waals surface area contributed by atoms with Crippen molar-refractivity contribution < 1.29 is 14.8 Å². The third-order valence-electron chi connectivity index (χ3n) is 1.72. The molecule has 1 aromatic heterocycles. The van der Waals surface area contributed by atoms with E-state index in [0.717, 1.165) is 24.0 Å². The van der Waals surface area contributed by atoms with Crippen LogP contribution in [0.25, 0.3) is 0 Å². The average molecular weight is 253 g/mol. The first-order valence-corrected chi connectivity index (χ1v) is 5.42. The minimum Gasteiger partial charge on any atom is -0.481 e. The number of hydrogen-bond acceptors (Lipinski definition) is 6. The highest BCUT2D eigenvalue weighted by Gasteiger charge is 2.12. The number of pyridine rings is 1. The molecule has 0 fully saturated rings. The van der Waals surface area contributed by atoms with Crippen LogP contribution in [0.2, 0.25) is 0 Å². The summed E-state index contributed by atoms with van der Waals surface area (Å²) < 4.78 is 0. The lowest BCUT2D eigenvalue weighted by molar-refractivity contribution is -0.385. The normalized spacial score (nSPS) is 9.59. The Balaban J connectivity index is 2.83. The maximum atomic E-state index is 10.5. The molecular formula is C9H7N3O4S. The van der Waals surface area contributed by atoms with Crippen LogP contribution in [-0.4, -0.2) is 26.7 Å². The third kappa shape index (κ3) is 3.73. The fourth-order valence-electron chi connectivity index (χ4n) is 0.971. The van der Waals surface area contributed by atoms with Crippen LogP contribution in [0.5, 0.6) is 0 Å². The first-order valence-electron chi connectivity index (χ1n) is 4.43. The summed E-state index contributed by atoms with van der Waals surface area (Å²) >= 11 is 1.08. The van der Waals surface area contributed by atoms with Crippen LogP contribution in [0.3, 0.4) is 0 Å². The number of carbonyl (C=O) groups is 1. The number of thioether (sulfide) groups is 1. The molecule has 0 unspecified atom stereocenters. The first kappa shape index (κ1) is 12.9. The highest BCUT2D eigenvalue weighted by Crippen LogP contribution is 2.23. The summed E-state index contributed by atoms with van der Waals surface area (Å²) in [4.78, 5) is 23.9. The quantitative estimate of drug-likeness (QED) is 0.479. The number of aliphatic carboxylic acids is 1. The van der Waals surface area contributed by atoms with Crippen LogP contribution >= 0.6 is 11.8 Å². The van der Waals surface area contributed by atoms with Gasteiger partial charge in [-0.15, -0.1) is 11.8 Å². The second-order valence-electron chi connectivity index (χ2n) is 2.91. The number of nitro groups is 1. The Hall–Kier alpha value is -2.14. The van der Waals surface area contributed by atoms with Gasteiger partial charge < -0.3 is 5.11 Å².